The molecule has 1 fully saturated rings. The van der Waals surface area contributed by atoms with Crippen molar-refractivity contribution in [3.8, 4) is 17.8 Å². The molecule has 0 spiro atoms. The van der Waals surface area contributed by atoms with Crippen LogP contribution in [0.3, 0.4) is 0 Å². The smallest absolute Gasteiger partial charge is 0.292 e. The van der Waals surface area contributed by atoms with E-state index in [1.807, 2.05) is 0 Å². The Kier molecular flexibility index (Phi) is 4.95. The van der Waals surface area contributed by atoms with Crippen LogP contribution >= 0.6 is 0 Å². The zero-order valence-electron chi connectivity index (χ0n) is 10.9. The third-order valence-electron chi connectivity index (χ3n) is 3.10. The van der Waals surface area contributed by atoms with Crippen LogP contribution in [-0.4, -0.2) is 57.7 Å². The second kappa shape index (κ2) is 6.71. The molecule has 0 amide bonds. The molecule has 21 heavy (non-hydrogen) atoms. The second-order valence-corrected chi connectivity index (χ2v) is 4.46. The molecule has 4 N–H and O–H groups in total. The molecule has 1 aliphatic rings. The van der Waals surface area contributed by atoms with Gasteiger partial charge in [-0.15, -0.1) is 5.26 Å². The van der Waals surface area contributed by atoms with E-state index in [0.717, 1.165) is 0 Å². The van der Waals surface area contributed by atoms with E-state index in [9.17, 15) is 15.3 Å². The summed E-state index contributed by atoms with van der Waals surface area (Å²) >= 11 is 0. The van der Waals surface area contributed by atoms with Crippen molar-refractivity contribution in [3.05, 3.63) is 24.3 Å². The number of para-hydroxylation sites is 2. The number of aliphatic hydroxyl groups is 4. The molecule has 0 bridgehead atoms. The van der Waals surface area contributed by atoms with Crippen LogP contribution in [0.25, 0.3) is 0 Å². The highest BCUT2D eigenvalue weighted by Crippen LogP contribution is 2.30. The molecule has 0 aromatic heterocycles. The number of nitrogens with zero attached hydrogens (tertiary/aromatic N) is 1. The summed E-state index contributed by atoms with van der Waals surface area (Å²) in [5.41, 5.74) is 0. The maximum Gasteiger partial charge on any atom is 0.292 e. The first-order chi connectivity index (χ1) is 10.1. The summed E-state index contributed by atoms with van der Waals surface area (Å²) in [4.78, 5) is 0. The highest BCUT2D eigenvalue weighted by molar-refractivity contribution is 5.40. The fourth-order valence-electron chi connectivity index (χ4n) is 1.97. The molecule has 8 heteroatoms. The zero-order chi connectivity index (χ0) is 15.4. The van der Waals surface area contributed by atoms with Crippen molar-refractivity contribution >= 4 is 0 Å². The molecule has 1 saturated heterocycles. The van der Waals surface area contributed by atoms with Gasteiger partial charge in [0.05, 0.1) is 6.61 Å². The molecule has 1 heterocycles. The SMILES string of the molecule is N#COc1ccccc1O[C@H]1O[C@H](CO)[C@@H](O)[C@H](O)[C@@H]1O. The van der Waals surface area contributed by atoms with Crippen LogP contribution in [0.2, 0.25) is 0 Å². The Morgan fingerprint density at radius 1 is 1.10 bits per heavy atom. The topological polar surface area (TPSA) is 132 Å². The van der Waals surface area contributed by atoms with Crippen LogP contribution in [0.4, 0.5) is 0 Å². The summed E-state index contributed by atoms with van der Waals surface area (Å²) < 4.78 is 15.3. The maximum absolute atomic E-state index is 9.86. The molecular formula is C13H15NO7. The third kappa shape index (κ3) is 3.24. The van der Waals surface area contributed by atoms with Gasteiger partial charge in [0.2, 0.25) is 6.29 Å². The maximum atomic E-state index is 9.86. The average molecular weight is 297 g/mol. The highest BCUT2D eigenvalue weighted by atomic mass is 16.7. The van der Waals surface area contributed by atoms with E-state index in [4.69, 9.17) is 24.6 Å². The van der Waals surface area contributed by atoms with Crippen LogP contribution in [-0.2, 0) is 4.74 Å². The van der Waals surface area contributed by atoms with Crippen molar-refractivity contribution in [1.29, 1.82) is 5.26 Å². The molecule has 114 valence electrons. The van der Waals surface area contributed by atoms with E-state index >= 15 is 0 Å². The highest BCUT2D eigenvalue weighted by Gasteiger charge is 2.44. The van der Waals surface area contributed by atoms with Gasteiger partial charge in [-0.05, 0) is 12.1 Å². The average Bonchev–Trinajstić information content (AvgIpc) is 2.50. The molecule has 2 rings (SSSR count). The zero-order valence-corrected chi connectivity index (χ0v) is 10.9. The summed E-state index contributed by atoms with van der Waals surface area (Å²) in [6.07, 6.45) is -5.43. The lowest BCUT2D eigenvalue weighted by Crippen LogP contribution is -2.60. The van der Waals surface area contributed by atoms with Gasteiger partial charge < -0.3 is 34.6 Å². The molecule has 8 nitrogen and oxygen atoms in total. The summed E-state index contributed by atoms with van der Waals surface area (Å²) in [6, 6.07) is 6.19. The Labute approximate surface area is 120 Å². The van der Waals surface area contributed by atoms with Crippen LogP contribution in [0.1, 0.15) is 0 Å². The molecule has 0 radical (unpaired) electrons. The van der Waals surface area contributed by atoms with Gasteiger partial charge in [-0.2, -0.15) is 0 Å². The number of benzene rings is 1. The number of hydrogen-bond donors (Lipinski definition) is 4. The molecule has 0 unspecified atom stereocenters. The van der Waals surface area contributed by atoms with Crippen molar-refractivity contribution in [2.75, 3.05) is 6.61 Å². The summed E-state index contributed by atoms with van der Waals surface area (Å²) in [7, 11) is 0. The minimum Gasteiger partial charge on any atom is -0.458 e. The van der Waals surface area contributed by atoms with Gasteiger partial charge in [0.1, 0.15) is 24.4 Å². The van der Waals surface area contributed by atoms with Crippen molar-refractivity contribution in [1.82, 2.24) is 0 Å². The quantitative estimate of drug-likeness (QED) is 0.505. The lowest BCUT2D eigenvalue weighted by molar-refractivity contribution is -0.277. The molecule has 0 aliphatic carbocycles. The predicted molar refractivity (Wildman–Crippen MR) is 67.1 cm³/mol. The van der Waals surface area contributed by atoms with E-state index in [1.54, 1.807) is 12.1 Å². The Morgan fingerprint density at radius 2 is 1.76 bits per heavy atom. The Balaban J connectivity index is 2.17. The number of nitriles is 1. The number of rotatable bonds is 4. The van der Waals surface area contributed by atoms with Gasteiger partial charge in [-0.3, -0.25) is 0 Å². The van der Waals surface area contributed by atoms with Gasteiger partial charge >= 0.3 is 0 Å². The lowest BCUT2D eigenvalue weighted by atomic mass is 9.99. The Hall–Kier alpha value is -1.89. The standard InChI is InChI=1S/C13H15NO7/c14-6-19-7-3-1-2-4-8(7)20-13-12(18)11(17)10(16)9(5-15)21-13/h1-4,9-13,15-18H,5H2/t9-,10-,11+,12+,13+/m1/s1. The van der Waals surface area contributed by atoms with Crippen molar-refractivity contribution in [2.45, 2.75) is 30.7 Å². The first kappa shape index (κ1) is 15.5. The largest absolute Gasteiger partial charge is 0.458 e. The summed E-state index contributed by atoms with van der Waals surface area (Å²) in [5, 5.41) is 46.8. The van der Waals surface area contributed by atoms with Crippen molar-refractivity contribution in [2.24, 2.45) is 0 Å². The van der Waals surface area contributed by atoms with Crippen LogP contribution < -0.4 is 9.47 Å². The monoisotopic (exact) mass is 297 g/mol. The van der Waals surface area contributed by atoms with E-state index in [2.05, 4.69) is 0 Å². The fourth-order valence-corrected chi connectivity index (χ4v) is 1.97. The first-order valence-corrected chi connectivity index (χ1v) is 6.20. The van der Waals surface area contributed by atoms with E-state index in [0.29, 0.717) is 0 Å². The van der Waals surface area contributed by atoms with Gasteiger partial charge in [-0.25, -0.2) is 0 Å². The van der Waals surface area contributed by atoms with Gasteiger partial charge in [-0.1, -0.05) is 12.1 Å². The molecule has 1 aromatic carbocycles. The normalized spacial score (nSPS) is 32.2. The number of aliphatic hydroxyl groups excluding tert-OH is 4. The van der Waals surface area contributed by atoms with E-state index in [1.165, 1.54) is 18.4 Å². The van der Waals surface area contributed by atoms with E-state index < -0.39 is 37.3 Å². The van der Waals surface area contributed by atoms with Crippen LogP contribution in [0, 0.1) is 11.5 Å². The summed E-state index contributed by atoms with van der Waals surface area (Å²) in [5.74, 6) is 0.223. The molecule has 1 aliphatic heterocycles. The van der Waals surface area contributed by atoms with Gasteiger partial charge in [0.25, 0.3) is 6.26 Å². The molecule has 5 atom stereocenters. The minimum atomic E-state index is -1.54. The van der Waals surface area contributed by atoms with Crippen LogP contribution in [0.5, 0.6) is 11.5 Å². The van der Waals surface area contributed by atoms with Crippen molar-refractivity contribution in [3.63, 3.8) is 0 Å². The van der Waals surface area contributed by atoms with E-state index in [-0.39, 0.29) is 11.5 Å². The predicted octanol–water partition coefficient (Wildman–Crippen LogP) is -1.27. The van der Waals surface area contributed by atoms with Gasteiger partial charge in [0.15, 0.2) is 11.5 Å². The Bertz CT molecular complexity index is 515. The second-order valence-electron chi connectivity index (χ2n) is 4.46. The molecular weight excluding hydrogens is 282 g/mol. The molecule has 1 aromatic rings. The minimum absolute atomic E-state index is 0.108. The van der Waals surface area contributed by atoms with Crippen molar-refractivity contribution < 1.29 is 34.6 Å². The van der Waals surface area contributed by atoms with Gasteiger partial charge in [0, 0.05) is 0 Å². The number of ether oxygens (including phenoxy) is 3. The summed E-state index contributed by atoms with van der Waals surface area (Å²) in [6.45, 7) is -0.554. The van der Waals surface area contributed by atoms with Crippen LogP contribution in [0.15, 0.2) is 24.3 Å². The lowest BCUT2D eigenvalue weighted by Gasteiger charge is -2.39. The fraction of sp³-hybridized carbons (Fsp3) is 0.462. The number of hydrogen-bond acceptors (Lipinski definition) is 8. The third-order valence-corrected chi connectivity index (χ3v) is 3.10. The first-order valence-electron chi connectivity index (χ1n) is 6.20. The Morgan fingerprint density at radius 3 is 2.38 bits per heavy atom. The molecule has 0 saturated carbocycles.